The Bertz CT molecular complexity index is 511. The van der Waals surface area contributed by atoms with Crippen molar-refractivity contribution in [2.45, 2.75) is 51.7 Å². The van der Waals surface area contributed by atoms with E-state index in [4.69, 9.17) is 4.74 Å². The van der Waals surface area contributed by atoms with E-state index in [0.717, 1.165) is 50.2 Å². The average molecular weight is 334 g/mol. The number of ether oxygens (including phenoxy) is 1. The van der Waals surface area contributed by atoms with Crippen LogP contribution in [0.25, 0.3) is 0 Å². The summed E-state index contributed by atoms with van der Waals surface area (Å²) in [5.41, 5.74) is 0.968. The lowest BCUT2D eigenvalue weighted by molar-refractivity contribution is -0.120. The fourth-order valence-electron chi connectivity index (χ4n) is 2.92. The molecule has 24 heavy (non-hydrogen) atoms. The second-order valence-corrected chi connectivity index (χ2v) is 6.77. The Morgan fingerprint density at radius 2 is 2.12 bits per heavy atom. The van der Waals surface area contributed by atoms with Crippen LogP contribution in [0, 0.1) is 0 Å². The number of hydrogen-bond donors (Lipinski definition) is 2. The smallest absolute Gasteiger partial charge is 0.224 e. The van der Waals surface area contributed by atoms with Gasteiger partial charge in [0.15, 0.2) is 0 Å². The van der Waals surface area contributed by atoms with Crippen molar-refractivity contribution in [1.82, 2.24) is 10.2 Å². The van der Waals surface area contributed by atoms with E-state index in [1.165, 1.54) is 0 Å². The van der Waals surface area contributed by atoms with Crippen molar-refractivity contribution in [1.29, 1.82) is 0 Å². The third-order valence-corrected chi connectivity index (χ3v) is 4.17. The molecule has 1 fully saturated rings. The molecule has 134 valence electrons. The molecule has 5 heteroatoms. The second kappa shape index (κ2) is 9.64. The first kappa shape index (κ1) is 18.7. The minimum Gasteiger partial charge on any atom is -0.491 e. The van der Waals surface area contributed by atoms with Gasteiger partial charge in [-0.05, 0) is 57.4 Å². The van der Waals surface area contributed by atoms with Crippen molar-refractivity contribution < 1.29 is 14.6 Å². The summed E-state index contributed by atoms with van der Waals surface area (Å²) in [6, 6.07) is 7.71. The minimum atomic E-state index is -0.128. The summed E-state index contributed by atoms with van der Waals surface area (Å²) in [6.07, 6.45) is 3.05. The molecule has 1 aromatic carbocycles. The summed E-state index contributed by atoms with van der Waals surface area (Å²) < 4.78 is 5.65. The second-order valence-electron chi connectivity index (χ2n) is 6.77. The largest absolute Gasteiger partial charge is 0.491 e. The average Bonchev–Trinajstić information content (AvgIpc) is 2.53. The van der Waals surface area contributed by atoms with E-state index >= 15 is 0 Å². The summed E-state index contributed by atoms with van der Waals surface area (Å²) in [7, 11) is 0. The van der Waals surface area contributed by atoms with Gasteiger partial charge in [0.25, 0.3) is 0 Å². The number of hydrogen-bond acceptors (Lipinski definition) is 4. The van der Waals surface area contributed by atoms with Gasteiger partial charge >= 0.3 is 0 Å². The molecule has 1 aliphatic heterocycles. The lowest BCUT2D eigenvalue weighted by atomic mass is 10.1. The van der Waals surface area contributed by atoms with Crippen LogP contribution in [0.5, 0.6) is 5.75 Å². The van der Waals surface area contributed by atoms with E-state index in [-0.39, 0.29) is 18.1 Å². The van der Waals surface area contributed by atoms with E-state index in [0.29, 0.717) is 13.0 Å². The van der Waals surface area contributed by atoms with Crippen LogP contribution >= 0.6 is 0 Å². The van der Waals surface area contributed by atoms with Crippen LogP contribution in [0.3, 0.4) is 0 Å². The number of rotatable bonds is 8. The Hall–Kier alpha value is -1.59. The molecule has 2 rings (SSSR count). The van der Waals surface area contributed by atoms with Crippen LogP contribution < -0.4 is 10.1 Å². The van der Waals surface area contributed by atoms with Crippen LogP contribution in [0.15, 0.2) is 24.3 Å². The molecule has 0 unspecified atom stereocenters. The zero-order valence-corrected chi connectivity index (χ0v) is 14.8. The number of benzene rings is 1. The van der Waals surface area contributed by atoms with Crippen LogP contribution in [-0.4, -0.2) is 54.3 Å². The zero-order valence-electron chi connectivity index (χ0n) is 14.8. The number of carbonyl (C=O) groups is 1. The monoisotopic (exact) mass is 334 g/mol. The molecule has 0 aromatic heterocycles. The number of nitrogens with one attached hydrogen (secondary N) is 1. The molecule has 1 aliphatic rings. The summed E-state index contributed by atoms with van der Waals surface area (Å²) in [6.45, 7) is 7.56. The highest BCUT2D eigenvalue weighted by atomic mass is 16.5. The first-order valence-electron chi connectivity index (χ1n) is 8.95. The molecule has 0 spiro atoms. The molecule has 0 aliphatic carbocycles. The van der Waals surface area contributed by atoms with Crippen molar-refractivity contribution in [3.05, 3.63) is 29.8 Å². The van der Waals surface area contributed by atoms with Crippen molar-refractivity contribution in [2.24, 2.45) is 0 Å². The van der Waals surface area contributed by atoms with Gasteiger partial charge in [0, 0.05) is 19.6 Å². The van der Waals surface area contributed by atoms with Crippen molar-refractivity contribution in [3.63, 3.8) is 0 Å². The lowest BCUT2D eigenvalue weighted by Gasteiger charge is -2.29. The number of aliphatic hydroxyl groups is 1. The third-order valence-electron chi connectivity index (χ3n) is 4.17. The molecular weight excluding hydrogens is 304 g/mol. The minimum absolute atomic E-state index is 0.0470. The van der Waals surface area contributed by atoms with Crippen LogP contribution in [0.2, 0.25) is 0 Å². The van der Waals surface area contributed by atoms with Gasteiger partial charge in [-0.25, -0.2) is 0 Å². The molecular formula is C19H30N2O3. The highest BCUT2D eigenvalue weighted by Crippen LogP contribution is 2.15. The maximum absolute atomic E-state index is 12.0. The highest BCUT2D eigenvalue weighted by Gasteiger charge is 2.16. The fourth-order valence-corrected chi connectivity index (χ4v) is 2.92. The highest BCUT2D eigenvalue weighted by molar-refractivity contribution is 5.78. The van der Waals surface area contributed by atoms with Gasteiger partial charge in [-0.15, -0.1) is 0 Å². The van der Waals surface area contributed by atoms with Gasteiger partial charge in [0.2, 0.25) is 5.91 Å². The fraction of sp³-hybridized carbons (Fsp3) is 0.632. The topological polar surface area (TPSA) is 61.8 Å². The molecule has 1 heterocycles. The van der Waals surface area contributed by atoms with E-state index < -0.39 is 0 Å². The first-order valence-corrected chi connectivity index (χ1v) is 8.95. The quantitative estimate of drug-likeness (QED) is 0.714. The van der Waals surface area contributed by atoms with Gasteiger partial charge < -0.3 is 20.1 Å². The zero-order chi connectivity index (χ0) is 17.4. The number of piperidine rings is 1. The van der Waals surface area contributed by atoms with Gasteiger partial charge in [0.05, 0.1) is 18.6 Å². The van der Waals surface area contributed by atoms with E-state index in [1.807, 2.05) is 38.1 Å². The molecule has 0 bridgehead atoms. The first-order chi connectivity index (χ1) is 11.5. The number of aliphatic hydroxyl groups excluding tert-OH is 1. The summed E-state index contributed by atoms with van der Waals surface area (Å²) >= 11 is 0. The van der Waals surface area contributed by atoms with Gasteiger partial charge in [-0.3, -0.25) is 4.79 Å². The van der Waals surface area contributed by atoms with E-state index in [9.17, 15) is 9.90 Å². The Morgan fingerprint density at radius 1 is 1.38 bits per heavy atom. The summed E-state index contributed by atoms with van der Waals surface area (Å²) in [5.74, 6) is 0.855. The molecule has 1 amide bonds. The number of likely N-dealkylation sites (tertiary alicyclic amines) is 1. The van der Waals surface area contributed by atoms with Crippen LogP contribution in [0.4, 0.5) is 0 Å². The molecule has 0 saturated carbocycles. The maximum atomic E-state index is 12.0. The van der Waals surface area contributed by atoms with Gasteiger partial charge in [-0.1, -0.05) is 12.1 Å². The maximum Gasteiger partial charge on any atom is 0.224 e. The lowest BCUT2D eigenvalue weighted by Crippen LogP contribution is -2.37. The van der Waals surface area contributed by atoms with E-state index in [1.54, 1.807) is 0 Å². The van der Waals surface area contributed by atoms with Gasteiger partial charge in [0.1, 0.15) is 5.75 Å². The SMILES string of the molecule is CC(C)Oc1cccc(CC(=O)NCCCN2CCC(O)CC2)c1. The normalized spacial score (nSPS) is 16.3. The van der Waals surface area contributed by atoms with Crippen LogP contribution in [0.1, 0.15) is 38.7 Å². The molecule has 0 atom stereocenters. The Kier molecular flexibility index (Phi) is 7.53. The molecule has 1 aromatic rings. The Labute approximate surface area is 145 Å². The van der Waals surface area contributed by atoms with Gasteiger partial charge in [-0.2, -0.15) is 0 Å². The number of amides is 1. The standard InChI is InChI=1S/C19H30N2O3/c1-15(2)24-18-6-3-5-16(13-18)14-19(23)20-9-4-10-21-11-7-17(22)8-12-21/h3,5-6,13,15,17,22H,4,7-12,14H2,1-2H3,(H,20,23). The Balaban J connectivity index is 1.64. The predicted molar refractivity (Wildman–Crippen MR) is 95.2 cm³/mol. The van der Waals surface area contributed by atoms with E-state index in [2.05, 4.69) is 10.2 Å². The summed E-state index contributed by atoms with van der Waals surface area (Å²) in [4.78, 5) is 14.4. The molecule has 0 radical (unpaired) electrons. The van der Waals surface area contributed by atoms with Crippen LogP contribution in [-0.2, 0) is 11.2 Å². The Morgan fingerprint density at radius 3 is 2.83 bits per heavy atom. The number of nitrogens with zero attached hydrogens (tertiary/aromatic N) is 1. The van der Waals surface area contributed by atoms with Crippen molar-refractivity contribution in [2.75, 3.05) is 26.2 Å². The number of carbonyl (C=O) groups excluding carboxylic acids is 1. The summed E-state index contributed by atoms with van der Waals surface area (Å²) in [5, 5.41) is 12.5. The molecule has 5 nitrogen and oxygen atoms in total. The third kappa shape index (κ3) is 6.89. The molecule has 1 saturated heterocycles. The molecule has 2 N–H and O–H groups in total. The predicted octanol–water partition coefficient (Wildman–Crippen LogP) is 1.98. The van der Waals surface area contributed by atoms with Crippen molar-refractivity contribution in [3.8, 4) is 5.75 Å². The van der Waals surface area contributed by atoms with Crippen molar-refractivity contribution >= 4 is 5.91 Å².